The van der Waals surface area contributed by atoms with Gasteiger partial charge in [0.2, 0.25) is 0 Å². The smallest absolute Gasteiger partial charge is 0.193 e. The standard InChI is InChI=1S/C12H21N5O/c1-4-14-12(13-2)17-5-6-18-11(9-17)10-7-15-16(3)8-10/h7-8,11H,4-6,9H2,1-3H3,(H,13,14). The molecule has 1 aromatic rings. The Kier molecular flexibility index (Phi) is 4.19. The molecule has 1 fully saturated rings. The van der Waals surface area contributed by atoms with Crippen LogP contribution in [0.25, 0.3) is 0 Å². The third-order valence-corrected chi connectivity index (χ3v) is 3.01. The first-order chi connectivity index (χ1) is 8.74. The minimum Gasteiger partial charge on any atom is -0.370 e. The zero-order valence-electron chi connectivity index (χ0n) is 11.3. The monoisotopic (exact) mass is 251 g/mol. The normalized spacial score (nSPS) is 21.2. The third-order valence-electron chi connectivity index (χ3n) is 3.01. The number of rotatable bonds is 2. The summed E-state index contributed by atoms with van der Waals surface area (Å²) in [6.45, 7) is 5.34. The van der Waals surface area contributed by atoms with Gasteiger partial charge >= 0.3 is 0 Å². The highest BCUT2D eigenvalue weighted by Gasteiger charge is 2.24. The van der Waals surface area contributed by atoms with Gasteiger partial charge in [-0.1, -0.05) is 0 Å². The topological polar surface area (TPSA) is 54.7 Å². The molecule has 0 radical (unpaired) electrons. The largest absolute Gasteiger partial charge is 0.370 e. The Balaban J connectivity index is 2.04. The molecule has 18 heavy (non-hydrogen) atoms. The van der Waals surface area contributed by atoms with Crippen LogP contribution in [0.3, 0.4) is 0 Å². The maximum absolute atomic E-state index is 5.80. The molecule has 2 heterocycles. The molecule has 0 saturated carbocycles. The second-order valence-electron chi connectivity index (χ2n) is 4.33. The van der Waals surface area contributed by atoms with E-state index in [4.69, 9.17) is 4.74 Å². The quantitative estimate of drug-likeness (QED) is 0.610. The van der Waals surface area contributed by atoms with Gasteiger partial charge in [-0.05, 0) is 6.92 Å². The summed E-state index contributed by atoms with van der Waals surface area (Å²) < 4.78 is 7.60. The van der Waals surface area contributed by atoms with Gasteiger partial charge in [0, 0.05) is 38.9 Å². The fourth-order valence-corrected chi connectivity index (χ4v) is 2.14. The van der Waals surface area contributed by atoms with Crippen LogP contribution in [0.4, 0.5) is 0 Å². The second-order valence-corrected chi connectivity index (χ2v) is 4.33. The lowest BCUT2D eigenvalue weighted by Crippen LogP contribution is -2.48. The van der Waals surface area contributed by atoms with Gasteiger partial charge in [-0.3, -0.25) is 9.67 Å². The van der Waals surface area contributed by atoms with Crippen LogP contribution in [0, 0.1) is 0 Å². The number of nitrogens with one attached hydrogen (secondary N) is 1. The SMILES string of the molecule is CCNC(=NC)N1CCOC(c2cnn(C)c2)C1. The molecule has 0 bridgehead atoms. The number of aliphatic imine (C=N–C) groups is 1. The number of hydrogen-bond donors (Lipinski definition) is 1. The lowest BCUT2D eigenvalue weighted by molar-refractivity contribution is -0.00799. The number of aromatic nitrogens is 2. The summed E-state index contributed by atoms with van der Waals surface area (Å²) in [4.78, 5) is 6.52. The van der Waals surface area contributed by atoms with Crippen LogP contribution < -0.4 is 5.32 Å². The van der Waals surface area contributed by atoms with E-state index in [1.165, 1.54) is 0 Å². The number of morpholine rings is 1. The molecular formula is C12H21N5O. The van der Waals surface area contributed by atoms with Crippen molar-refractivity contribution in [1.82, 2.24) is 20.0 Å². The number of hydrogen-bond acceptors (Lipinski definition) is 3. The molecule has 6 nitrogen and oxygen atoms in total. The predicted molar refractivity (Wildman–Crippen MR) is 70.5 cm³/mol. The number of guanidine groups is 1. The zero-order chi connectivity index (χ0) is 13.0. The van der Waals surface area contributed by atoms with Crippen molar-refractivity contribution in [2.24, 2.45) is 12.0 Å². The van der Waals surface area contributed by atoms with Crippen molar-refractivity contribution >= 4 is 5.96 Å². The van der Waals surface area contributed by atoms with Gasteiger partial charge in [0.15, 0.2) is 5.96 Å². The second kappa shape index (κ2) is 5.86. The van der Waals surface area contributed by atoms with Crippen LogP contribution in [0.5, 0.6) is 0 Å². The van der Waals surface area contributed by atoms with E-state index in [-0.39, 0.29) is 6.10 Å². The Hall–Kier alpha value is -1.56. The predicted octanol–water partition coefficient (Wildman–Crippen LogP) is 0.389. The molecule has 1 unspecified atom stereocenters. The summed E-state index contributed by atoms with van der Waals surface area (Å²) in [5.41, 5.74) is 1.12. The Morgan fingerprint density at radius 3 is 3.11 bits per heavy atom. The number of nitrogens with zero attached hydrogens (tertiary/aromatic N) is 4. The van der Waals surface area contributed by atoms with E-state index in [2.05, 4.69) is 27.2 Å². The Labute approximate surface area is 108 Å². The Morgan fingerprint density at radius 2 is 2.50 bits per heavy atom. The fourth-order valence-electron chi connectivity index (χ4n) is 2.14. The average Bonchev–Trinajstić information content (AvgIpc) is 2.83. The summed E-state index contributed by atoms with van der Waals surface area (Å²) in [6.07, 6.45) is 3.94. The molecular weight excluding hydrogens is 230 g/mol. The van der Waals surface area contributed by atoms with Crippen LogP contribution in [0.15, 0.2) is 17.4 Å². The first-order valence-electron chi connectivity index (χ1n) is 6.30. The third kappa shape index (κ3) is 2.81. The molecule has 1 saturated heterocycles. The van der Waals surface area contributed by atoms with E-state index >= 15 is 0 Å². The van der Waals surface area contributed by atoms with E-state index < -0.39 is 0 Å². The van der Waals surface area contributed by atoms with Crippen molar-refractivity contribution in [1.29, 1.82) is 0 Å². The van der Waals surface area contributed by atoms with Crippen LogP contribution in [0.1, 0.15) is 18.6 Å². The lowest BCUT2D eigenvalue weighted by atomic mass is 10.1. The first kappa shape index (κ1) is 12.9. The van der Waals surface area contributed by atoms with Crippen LogP contribution in [-0.2, 0) is 11.8 Å². The van der Waals surface area contributed by atoms with Gasteiger partial charge in [0.05, 0.1) is 19.3 Å². The van der Waals surface area contributed by atoms with Crippen LogP contribution in [-0.4, -0.2) is 53.9 Å². The Morgan fingerprint density at radius 1 is 1.67 bits per heavy atom. The van der Waals surface area contributed by atoms with Gasteiger partial charge in [-0.15, -0.1) is 0 Å². The van der Waals surface area contributed by atoms with Crippen LogP contribution in [0.2, 0.25) is 0 Å². The summed E-state index contributed by atoms with van der Waals surface area (Å²) >= 11 is 0. The molecule has 1 aromatic heterocycles. The minimum atomic E-state index is 0.0721. The highest BCUT2D eigenvalue weighted by molar-refractivity contribution is 5.79. The molecule has 1 N–H and O–H groups in total. The van der Waals surface area contributed by atoms with Crippen molar-refractivity contribution in [3.8, 4) is 0 Å². The first-order valence-corrected chi connectivity index (χ1v) is 6.30. The van der Waals surface area contributed by atoms with E-state index in [1.807, 2.05) is 26.5 Å². The molecule has 0 aromatic carbocycles. The summed E-state index contributed by atoms with van der Waals surface area (Å²) in [7, 11) is 3.73. The highest BCUT2D eigenvalue weighted by Crippen LogP contribution is 2.21. The molecule has 6 heteroatoms. The van der Waals surface area contributed by atoms with Crippen molar-refractivity contribution in [2.75, 3.05) is 33.3 Å². The summed E-state index contributed by atoms with van der Waals surface area (Å²) in [5, 5.41) is 7.47. The fraction of sp³-hybridized carbons (Fsp3) is 0.667. The lowest BCUT2D eigenvalue weighted by Gasteiger charge is -2.34. The number of aryl methyl sites for hydroxylation is 1. The molecule has 1 aliphatic rings. The molecule has 0 spiro atoms. The van der Waals surface area contributed by atoms with Gasteiger partial charge in [0.1, 0.15) is 6.10 Å². The zero-order valence-corrected chi connectivity index (χ0v) is 11.3. The minimum absolute atomic E-state index is 0.0721. The van der Waals surface area contributed by atoms with Gasteiger partial charge in [-0.25, -0.2) is 0 Å². The van der Waals surface area contributed by atoms with Crippen molar-refractivity contribution in [3.05, 3.63) is 18.0 Å². The van der Waals surface area contributed by atoms with Crippen molar-refractivity contribution in [2.45, 2.75) is 13.0 Å². The molecule has 0 amide bonds. The maximum Gasteiger partial charge on any atom is 0.193 e. The van der Waals surface area contributed by atoms with Crippen LogP contribution >= 0.6 is 0 Å². The van der Waals surface area contributed by atoms with Gasteiger partial charge in [0.25, 0.3) is 0 Å². The summed E-state index contributed by atoms with van der Waals surface area (Å²) in [6, 6.07) is 0. The molecule has 0 aliphatic carbocycles. The average molecular weight is 251 g/mol. The molecule has 1 atom stereocenters. The van der Waals surface area contributed by atoms with E-state index in [0.29, 0.717) is 6.61 Å². The maximum atomic E-state index is 5.80. The Bertz CT molecular complexity index is 414. The highest BCUT2D eigenvalue weighted by atomic mass is 16.5. The number of ether oxygens (including phenoxy) is 1. The van der Waals surface area contributed by atoms with E-state index in [9.17, 15) is 0 Å². The summed E-state index contributed by atoms with van der Waals surface area (Å²) in [5.74, 6) is 0.940. The van der Waals surface area contributed by atoms with Gasteiger partial charge in [-0.2, -0.15) is 5.10 Å². The van der Waals surface area contributed by atoms with E-state index in [0.717, 1.165) is 31.2 Å². The molecule has 100 valence electrons. The molecule has 2 rings (SSSR count). The molecule has 1 aliphatic heterocycles. The van der Waals surface area contributed by atoms with Crippen molar-refractivity contribution in [3.63, 3.8) is 0 Å². The van der Waals surface area contributed by atoms with E-state index in [1.54, 1.807) is 4.68 Å². The van der Waals surface area contributed by atoms with Crippen molar-refractivity contribution < 1.29 is 4.74 Å². The van der Waals surface area contributed by atoms with Gasteiger partial charge < -0.3 is 15.0 Å².